The second-order valence-corrected chi connectivity index (χ2v) is 4.23. The van der Waals surface area contributed by atoms with Crippen LogP contribution in [-0.2, 0) is 6.42 Å². The van der Waals surface area contributed by atoms with Crippen LogP contribution in [0.3, 0.4) is 0 Å². The zero-order valence-corrected chi connectivity index (χ0v) is 10.4. The van der Waals surface area contributed by atoms with Gasteiger partial charge in [-0.1, -0.05) is 40.5 Å². The first-order valence-electron chi connectivity index (χ1n) is 4.56. The number of carbonyl (C=O) groups excluding carboxylic acids is 1. The molecular weight excluding hydrogens is 263 g/mol. The van der Waals surface area contributed by atoms with Crippen molar-refractivity contribution >= 4 is 33.3 Å². The van der Waals surface area contributed by atoms with Gasteiger partial charge < -0.3 is 0 Å². The topological polar surface area (TPSA) is 17.1 Å². The molecule has 0 unspecified atom stereocenters. The summed E-state index contributed by atoms with van der Waals surface area (Å²) in [6.45, 7) is 2.06. The Morgan fingerprint density at radius 3 is 2.79 bits per heavy atom. The summed E-state index contributed by atoms with van der Waals surface area (Å²) in [5, 5.41) is 1.23. The third-order valence-electron chi connectivity index (χ3n) is 2.06. The summed E-state index contributed by atoms with van der Waals surface area (Å²) >= 11 is 9.19. The first kappa shape index (κ1) is 11.7. The van der Waals surface area contributed by atoms with Crippen LogP contribution in [0.5, 0.6) is 0 Å². The van der Waals surface area contributed by atoms with Crippen molar-refractivity contribution in [3.63, 3.8) is 0 Å². The van der Waals surface area contributed by atoms with E-state index in [-0.39, 0.29) is 5.78 Å². The lowest BCUT2D eigenvalue weighted by Crippen LogP contribution is -2.01. The summed E-state index contributed by atoms with van der Waals surface area (Å²) in [6.07, 6.45) is 1.42. The third kappa shape index (κ3) is 2.82. The molecule has 3 heteroatoms. The van der Waals surface area contributed by atoms with Crippen molar-refractivity contribution in [2.45, 2.75) is 19.8 Å². The first-order valence-corrected chi connectivity index (χ1v) is 6.06. The fraction of sp³-hybridized carbons (Fsp3) is 0.364. The Morgan fingerprint density at radius 1 is 1.50 bits per heavy atom. The lowest BCUT2D eigenvalue weighted by molar-refractivity contribution is 0.0990. The van der Waals surface area contributed by atoms with E-state index >= 15 is 0 Å². The van der Waals surface area contributed by atoms with Crippen LogP contribution < -0.4 is 0 Å². The number of aryl methyl sites for hydroxylation is 1. The molecular formula is C11H12BrClO. The van der Waals surface area contributed by atoms with Gasteiger partial charge >= 0.3 is 0 Å². The molecule has 14 heavy (non-hydrogen) atoms. The molecule has 76 valence electrons. The van der Waals surface area contributed by atoms with Crippen LogP contribution in [0.1, 0.15) is 29.3 Å². The molecule has 0 aromatic heterocycles. The predicted octanol–water partition coefficient (Wildman–Crippen LogP) is 3.87. The molecule has 0 aliphatic heterocycles. The molecule has 0 bridgehead atoms. The minimum absolute atomic E-state index is 0.0992. The Labute approximate surface area is 97.6 Å². The van der Waals surface area contributed by atoms with Gasteiger partial charge in [0.25, 0.3) is 0 Å². The second kappa shape index (κ2) is 5.52. The molecule has 0 saturated heterocycles. The summed E-state index contributed by atoms with van der Waals surface area (Å²) < 4.78 is 0. The summed E-state index contributed by atoms with van der Waals surface area (Å²) in [4.78, 5) is 11.6. The van der Waals surface area contributed by atoms with Crippen LogP contribution in [0.2, 0.25) is 5.02 Å². The normalized spacial score (nSPS) is 10.2. The van der Waals surface area contributed by atoms with E-state index in [1.165, 1.54) is 0 Å². The summed E-state index contributed by atoms with van der Waals surface area (Å²) in [7, 11) is 0. The fourth-order valence-corrected chi connectivity index (χ4v) is 1.81. The van der Waals surface area contributed by atoms with Crippen molar-refractivity contribution in [3.8, 4) is 0 Å². The number of rotatable bonds is 4. The predicted molar refractivity (Wildman–Crippen MR) is 63.6 cm³/mol. The van der Waals surface area contributed by atoms with Crippen LogP contribution in [-0.4, -0.2) is 11.1 Å². The van der Waals surface area contributed by atoms with E-state index in [2.05, 4.69) is 22.9 Å². The number of Topliss-reactive ketones (excluding diaryl/α,β-unsaturated/α-hetero) is 1. The zero-order chi connectivity index (χ0) is 10.6. The van der Waals surface area contributed by atoms with Gasteiger partial charge in [0.05, 0.1) is 5.02 Å². The molecule has 0 fully saturated rings. The molecule has 0 aliphatic carbocycles. The van der Waals surface area contributed by atoms with Gasteiger partial charge in [0, 0.05) is 17.3 Å². The Morgan fingerprint density at radius 2 is 2.21 bits per heavy atom. The van der Waals surface area contributed by atoms with Gasteiger partial charge in [-0.3, -0.25) is 4.79 Å². The van der Waals surface area contributed by atoms with Gasteiger partial charge in [0.2, 0.25) is 0 Å². The van der Waals surface area contributed by atoms with E-state index in [1.807, 2.05) is 12.1 Å². The van der Waals surface area contributed by atoms with E-state index in [0.717, 1.165) is 12.0 Å². The Bertz CT molecular complexity index is 336. The molecule has 0 N–H and O–H groups in total. The average molecular weight is 276 g/mol. The van der Waals surface area contributed by atoms with E-state index in [4.69, 9.17) is 11.6 Å². The van der Waals surface area contributed by atoms with Crippen molar-refractivity contribution in [3.05, 3.63) is 34.3 Å². The minimum Gasteiger partial charge on any atom is -0.294 e. The van der Waals surface area contributed by atoms with Crippen LogP contribution >= 0.6 is 27.5 Å². The van der Waals surface area contributed by atoms with Crippen LogP contribution in [0, 0.1) is 0 Å². The van der Waals surface area contributed by atoms with Gasteiger partial charge in [-0.2, -0.15) is 0 Å². The molecule has 1 aromatic carbocycles. The lowest BCUT2D eigenvalue weighted by atomic mass is 10.0. The molecule has 1 aromatic rings. The second-order valence-electron chi connectivity index (χ2n) is 3.03. The number of hydrogen-bond donors (Lipinski definition) is 0. The van der Waals surface area contributed by atoms with Gasteiger partial charge in [-0.05, 0) is 24.1 Å². The average Bonchev–Trinajstić information content (AvgIpc) is 2.19. The van der Waals surface area contributed by atoms with Crippen molar-refractivity contribution in [1.29, 1.82) is 0 Å². The van der Waals surface area contributed by atoms with Gasteiger partial charge in [0.15, 0.2) is 5.78 Å². The number of halogens is 2. The van der Waals surface area contributed by atoms with Crippen LogP contribution in [0.15, 0.2) is 18.2 Å². The molecule has 0 radical (unpaired) electrons. The maximum atomic E-state index is 11.6. The maximum absolute atomic E-state index is 11.6. The molecule has 0 heterocycles. The first-order chi connectivity index (χ1) is 6.69. The Kier molecular flexibility index (Phi) is 4.63. The van der Waals surface area contributed by atoms with E-state index in [9.17, 15) is 4.79 Å². The maximum Gasteiger partial charge on any atom is 0.165 e. The lowest BCUT2D eigenvalue weighted by Gasteiger charge is -2.04. The summed E-state index contributed by atoms with van der Waals surface area (Å²) in [5.74, 6) is 0.0992. The number of ketones is 1. The summed E-state index contributed by atoms with van der Waals surface area (Å²) in [5.41, 5.74) is 1.79. The van der Waals surface area contributed by atoms with Gasteiger partial charge in [-0.15, -0.1) is 0 Å². The van der Waals surface area contributed by atoms with E-state index in [0.29, 0.717) is 22.3 Å². The number of carbonyl (C=O) groups is 1. The Balaban J connectivity index is 2.99. The smallest absolute Gasteiger partial charge is 0.165 e. The molecule has 1 nitrogen and oxygen atoms in total. The highest BCUT2D eigenvalue weighted by Crippen LogP contribution is 2.19. The minimum atomic E-state index is 0.0992. The van der Waals surface area contributed by atoms with E-state index in [1.54, 1.807) is 6.07 Å². The highest BCUT2D eigenvalue weighted by atomic mass is 79.9. The third-order valence-corrected chi connectivity index (χ3v) is 2.79. The van der Waals surface area contributed by atoms with Gasteiger partial charge in [0.1, 0.15) is 0 Å². The molecule has 0 saturated carbocycles. The molecule has 0 aliphatic rings. The zero-order valence-electron chi connectivity index (χ0n) is 8.02. The number of hydrogen-bond acceptors (Lipinski definition) is 1. The van der Waals surface area contributed by atoms with Gasteiger partial charge in [-0.25, -0.2) is 0 Å². The number of alkyl halides is 1. The molecule has 1 rings (SSSR count). The molecule has 0 amide bonds. The highest BCUT2D eigenvalue weighted by Gasteiger charge is 2.09. The standard InChI is InChI=1S/C11H12BrClO/c1-2-8-3-4-10(13)9(7-8)11(14)5-6-12/h3-4,7H,2,5-6H2,1H3. The SMILES string of the molecule is CCc1ccc(Cl)c(C(=O)CCBr)c1. The highest BCUT2D eigenvalue weighted by molar-refractivity contribution is 9.09. The monoisotopic (exact) mass is 274 g/mol. The van der Waals surface area contributed by atoms with Crippen LogP contribution in [0.25, 0.3) is 0 Å². The molecule has 0 spiro atoms. The molecule has 0 atom stereocenters. The summed E-state index contributed by atoms with van der Waals surface area (Å²) in [6, 6.07) is 5.63. The van der Waals surface area contributed by atoms with Crippen molar-refractivity contribution in [2.75, 3.05) is 5.33 Å². The number of benzene rings is 1. The van der Waals surface area contributed by atoms with Crippen molar-refractivity contribution < 1.29 is 4.79 Å². The quantitative estimate of drug-likeness (QED) is 0.602. The van der Waals surface area contributed by atoms with Crippen LogP contribution in [0.4, 0.5) is 0 Å². The van der Waals surface area contributed by atoms with Crippen molar-refractivity contribution in [1.82, 2.24) is 0 Å². The largest absolute Gasteiger partial charge is 0.294 e. The van der Waals surface area contributed by atoms with Crippen molar-refractivity contribution in [2.24, 2.45) is 0 Å². The Hall–Kier alpha value is -0.340. The fourth-order valence-electron chi connectivity index (χ4n) is 1.23. The van der Waals surface area contributed by atoms with E-state index < -0.39 is 0 Å².